The summed E-state index contributed by atoms with van der Waals surface area (Å²) >= 11 is 14.8. The van der Waals surface area contributed by atoms with E-state index in [-0.39, 0.29) is 0 Å². The number of halogens is 3. The van der Waals surface area contributed by atoms with Gasteiger partial charge in [0, 0.05) is 9.50 Å². The van der Waals surface area contributed by atoms with Gasteiger partial charge in [0.2, 0.25) is 0 Å². The molecule has 0 aliphatic rings. The topological polar surface area (TPSA) is 0 Å². The fourth-order valence-electron chi connectivity index (χ4n) is 0.685. The van der Waals surface area contributed by atoms with Crippen LogP contribution in [0.4, 0.5) is 0 Å². The smallest absolute Gasteiger partial charge is 0.0843 e. The average Bonchev–Trinajstić information content (AvgIpc) is 1.82. The van der Waals surface area contributed by atoms with E-state index in [1.165, 1.54) is 0 Å². The minimum atomic E-state index is 0.657. The first-order valence-corrected chi connectivity index (χ1v) is 4.27. The second kappa shape index (κ2) is 3.16. The maximum absolute atomic E-state index is 5.79. The van der Waals surface area contributed by atoms with E-state index in [9.17, 15) is 0 Å². The SMILES string of the molecule is Bc1cc(Cl)cc(Cl)c1Br. The van der Waals surface area contributed by atoms with Gasteiger partial charge < -0.3 is 0 Å². The van der Waals surface area contributed by atoms with Gasteiger partial charge in [0.05, 0.1) is 5.02 Å². The zero-order valence-corrected chi connectivity index (χ0v) is 8.39. The molecule has 0 fully saturated rings. The molecule has 0 bridgehead atoms. The molecule has 1 aromatic rings. The first kappa shape index (κ1) is 8.44. The van der Waals surface area contributed by atoms with Crippen LogP contribution in [0.15, 0.2) is 16.6 Å². The second-order valence-electron chi connectivity index (χ2n) is 2.02. The van der Waals surface area contributed by atoms with E-state index in [1.807, 2.05) is 13.9 Å². The molecule has 0 radical (unpaired) electrons. The molecule has 0 saturated carbocycles. The molecule has 52 valence electrons. The Kier molecular flexibility index (Phi) is 2.67. The molecule has 0 N–H and O–H groups in total. The summed E-state index contributed by atoms with van der Waals surface area (Å²) in [4.78, 5) is 0. The largest absolute Gasteiger partial charge is 0.140 e. The Hall–Kier alpha value is 0.345. The van der Waals surface area contributed by atoms with Crippen molar-refractivity contribution in [3.8, 4) is 0 Å². The molecule has 0 nitrogen and oxygen atoms in total. The lowest BCUT2D eigenvalue weighted by molar-refractivity contribution is 1.71. The van der Waals surface area contributed by atoms with E-state index in [1.54, 1.807) is 6.07 Å². The molecular formula is C6H4BBrCl2. The summed E-state index contributed by atoms with van der Waals surface area (Å²) in [6.45, 7) is 0. The van der Waals surface area contributed by atoms with Crippen molar-refractivity contribution in [3.63, 3.8) is 0 Å². The predicted octanol–water partition coefficient (Wildman–Crippen LogP) is 2.01. The highest BCUT2D eigenvalue weighted by molar-refractivity contribution is 9.10. The third-order valence-electron chi connectivity index (χ3n) is 1.17. The third kappa shape index (κ3) is 1.69. The quantitative estimate of drug-likeness (QED) is 0.478. The standard InChI is InChI=1S/C6H4BBrCl2/c7-4-1-3(9)2-5(10)6(4)8/h1-2H,7H2. The van der Waals surface area contributed by atoms with Crippen LogP contribution in [-0.2, 0) is 0 Å². The van der Waals surface area contributed by atoms with Gasteiger partial charge in [0.1, 0.15) is 7.85 Å². The van der Waals surface area contributed by atoms with E-state index in [0.717, 1.165) is 9.94 Å². The fraction of sp³-hybridized carbons (Fsp3) is 0. The van der Waals surface area contributed by atoms with Crippen LogP contribution in [0.2, 0.25) is 10.0 Å². The van der Waals surface area contributed by atoms with Crippen LogP contribution in [0.3, 0.4) is 0 Å². The van der Waals surface area contributed by atoms with Gasteiger partial charge in [-0.1, -0.05) is 28.7 Å². The molecule has 0 unspecified atom stereocenters. The Bertz CT molecular complexity index is 239. The molecule has 0 aromatic heterocycles. The van der Waals surface area contributed by atoms with Gasteiger partial charge in [-0.25, -0.2) is 0 Å². The molecule has 1 aromatic carbocycles. The highest BCUT2D eigenvalue weighted by Crippen LogP contribution is 2.22. The maximum Gasteiger partial charge on any atom is 0.140 e. The summed E-state index contributed by atoms with van der Waals surface area (Å²) in [7, 11) is 1.95. The van der Waals surface area contributed by atoms with Crippen LogP contribution < -0.4 is 5.46 Å². The predicted molar refractivity (Wildman–Crippen MR) is 52.3 cm³/mol. The first-order chi connectivity index (χ1) is 4.61. The van der Waals surface area contributed by atoms with Gasteiger partial charge in [-0.05, 0) is 28.1 Å². The third-order valence-corrected chi connectivity index (χ3v) is 2.97. The molecule has 0 spiro atoms. The van der Waals surface area contributed by atoms with E-state index in [0.29, 0.717) is 10.0 Å². The van der Waals surface area contributed by atoms with Crippen molar-refractivity contribution in [1.29, 1.82) is 0 Å². The molecule has 0 aliphatic carbocycles. The molecule has 0 saturated heterocycles. The summed E-state index contributed by atoms with van der Waals surface area (Å²) in [5, 5.41) is 1.33. The second-order valence-corrected chi connectivity index (χ2v) is 3.66. The zero-order chi connectivity index (χ0) is 7.72. The van der Waals surface area contributed by atoms with Crippen molar-refractivity contribution in [1.82, 2.24) is 0 Å². The Morgan fingerprint density at radius 2 is 1.90 bits per heavy atom. The zero-order valence-electron chi connectivity index (χ0n) is 5.29. The Balaban J connectivity index is 3.31. The van der Waals surface area contributed by atoms with Crippen LogP contribution >= 0.6 is 39.1 Å². The van der Waals surface area contributed by atoms with Crippen molar-refractivity contribution in [2.45, 2.75) is 0 Å². The molecule has 0 atom stereocenters. The Morgan fingerprint density at radius 3 is 2.40 bits per heavy atom. The molecule has 0 heterocycles. The van der Waals surface area contributed by atoms with Crippen molar-refractivity contribution in [2.24, 2.45) is 0 Å². The van der Waals surface area contributed by atoms with Crippen LogP contribution in [0.1, 0.15) is 0 Å². The summed E-state index contributed by atoms with van der Waals surface area (Å²) in [6, 6.07) is 3.57. The number of hydrogen-bond acceptors (Lipinski definition) is 0. The van der Waals surface area contributed by atoms with Crippen molar-refractivity contribution in [3.05, 3.63) is 26.7 Å². The van der Waals surface area contributed by atoms with Gasteiger partial charge in [0.25, 0.3) is 0 Å². The monoisotopic (exact) mass is 236 g/mol. The van der Waals surface area contributed by atoms with E-state index < -0.39 is 0 Å². The average molecular weight is 238 g/mol. The lowest BCUT2D eigenvalue weighted by atomic mass is 9.97. The van der Waals surface area contributed by atoms with Gasteiger partial charge in [0.15, 0.2) is 0 Å². The normalized spacial score (nSPS) is 9.90. The number of hydrogen-bond donors (Lipinski definition) is 0. The van der Waals surface area contributed by atoms with Gasteiger partial charge >= 0.3 is 0 Å². The van der Waals surface area contributed by atoms with Crippen molar-refractivity contribution >= 4 is 52.4 Å². The highest BCUT2D eigenvalue weighted by Gasteiger charge is 2.00. The van der Waals surface area contributed by atoms with E-state index in [4.69, 9.17) is 23.2 Å². The maximum atomic E-state index is 5.79. The lowest BCUT2D eigenvalue weighted by Gasteiger charge is -2.00. The minimum Gasteiger partial charge on any atom is -0.0843 e. The highest BCUT2D eigenvalue weighted by atomic mass is 79.9. The summed E-state index contributed by atoms with van der Waals surface area (Å²) in [5.74, 6) is 0. The molecular weight excluding hydrogens is 234 g/mol. The lowest BCUT2D eigenvalue weighted by Crippen LogP contribution is -2.03. The Morgan fingerprint density at radius 1 is 1.30 bits per heavy atom. The van der Waals surface area contributed by atoms with Crippen molar-refractivity contribution < 1.29 is 0 Å². The Labute approximate surface area is 79.1 Å². The van der Waals surface area contributed by atoms with Crippen molar-refractivity contribution in [2.75, 3.05) is 0 Å². The van der Waals surface area contributed by atoms with Crippen LogP contribution in [0.5, 0.6) is 0 Å². The molecule has 10 heavy (non-hydrogen) atoms. The van der Waals surface area contributed by atoms with Gasteiger partial charge in [-0.2, -0.15) is 0 Å². The summed E-state index contributed by atoms with van der Waals surface area (Å²) in [6.07, 6.45) is 0. The van der Waals surface area contributed by atoms with Crippen LogP contribution in [0.25, 0.3) is 0 Å². The van der Waals surface area contributed by atoms with Gasteiger partial charge in [-0.15, -0.1) is 0 Å². The molecule has 4 heteroatoms. The fourth-order valence-corrected chi connectivity index (χ4v) is 1.51. The number of benzene rings is 1. The van der Waals surface area contributed by atoms with Crippen LogP contribution in [0, 0.1) is 0 Å². The summed E-state index contributed by atoms with van der Waals surface area (Å²) < 4.78 is 0.915. The molecule has 0 aliphatic heterocycles. The molecule has 1 rings (SSSR count). The number of rotatable bonds is 0. The summed E-state index contributed by atoms with van der Waals surface area (Å²) in [5.41, 5.74) is 1.05. The van der Waals surface area contributed by atoms with Crippen LogP contribution in [-0.4, -0.2) is 7.85 Å². The van der Waals surface area contributed by atoms with Gasteiger partial charge in [-0.3, -0.25) is 0 Å². The first-order valence-electron chi connectivity index (χ1n) is 2.72. The molecule has 0 amide bonds. The van der Waals surface area contributed by atoms with E-state index in [2.05, 4.69) is 15.9 Å². The van der Waals surface area contributed by atoms with E-state index >= 15 is 0 Å². The minimum absolute atomic E-state index is 0.657.